The first kappa shape index (κ1) is 19.9. The van der Waals surface area contributed by atoms with Gasteiger partial charge >= 0.3 is 0 Å². The lowest BCUT2D eigenvalue weighted by Gasteiger charge is -2.10. The molecule has 0 spiro atoms. The molecule has 132 valence electrons. The molecular weight excluding hydrogens is 520 g/mol. The monoisotopic (exact) mass is 532 g/mol. The molecule has 0 aromatic heterocycles. The van der Waals surface area contributed by atoms with Gasteiger partial charge in [-0.3, -0.25) is 4.79 Å². The fraction of sp³-hybridized carbons (Fsp3) is 0.176. The van der Waals surface area contributed by atoms with Gasteiger partial charge in [-0.2, -0.15) is 5.10 Å². The number of phenolic OH excluding ortho intramolecular Hbond substituents is 1. The van der Waals surface area contributed by atoms with E-state index in [4.69, 9.17) is 4.74 Å². The molecule has 5 nitrogen and oxygen atoms in total. The minimum Gasteiger partial charge on any atom is -0.506 e. The van der Waals surface area contributed by atoms with Crippen LogP contribution >= 0.6 is 47.8 Å². The van der Waals surface area contributed by atoms with E-state index in [1.165, 1.54) is 6.21 Å². The molecule has 0 radical (unpaired) electrons. The number of rotatable bonds is 5. The van der Waals surface area contributed by atoms with Crippen molar-refractivity contribution in [1.82, 2.24) is 5.43 Å². The van der Waals surface area contributed by atoms with Crippen molar-refractivity contribution in [2.24, 2.45) is 5.10 Å². The van der Waals surface area contributed by atoms with Crippen molar-refractivity contribution in [3.63, 3.8) is 0 Å². The number of nitrogens with one attached hydrogen (secondary N) is 1. The molecule has 0 heterocycles. The standard InChI is InChI=1S/C17H15Br3N2O3/c1-9-4-3-5-14(10(9)2)25-8-15(23)22-21-7-11-12(18)6-13(19)17(24)16(11)20/h3-7,24H,8H2,1-2H3,(H,22,23). The Balaban J connectivity index is 1.97. The van der Waals surface area contributed by atoms with E-state index in [1.54, 1.807) is 6.07 Å². The van der Waals surface area contributed by atoms with Crippen molar-refractivity contribution in [3.8, 4) is 11.5 Å². The normalized spacial score (nSPS) is 10.9. The van der Waals surface area contributed by atoms with E-state index in [0.717, 1.165) is 11.1 Å². The Bertz CT molecular complexity index is 838. The predicted molar refractivity (Wildman–Crippen MR) is 108 cm³/mol. The zero-order chi connectivity index (χ0) is 18.6. The maximum Gasteiger partial charge on any atom is 0.277 e. The molecule has 0 aliphatic carbocycles. The third kappa shape index (κ3) is 5.05. The van der Waals surface area contributed by atoms with Gasteiger partial charge in [-0.25, -0.2) is 5.43 Å². The first-order valence-electron chi connectivity index (χ1n) is 7.18. The van der Waals surface area contributed by atoms with Crippen LogP contribution in [0, 0.1) is 13.8 Å². The van der Waals surface area contributed by atoms with Crippen molar-refractivity contribution in [2.75, 3.05) is 6.61 Å². The summed E-state index contributed by atoms with van der Waals surface area (Å²) in [4.78, 5) is 11.9. The van der Waals surface area contributed by atoms with E-state index < -0.39 is 0 Å². The first-order valence-corrected chi connectivity index (χ1v) is 9.56. The second-order valence-electron chi connectivity index (χ2n) is 5.20. The number of hydrazone groups is 1. The summed E-state index contributed by atoms with van der Waals surface area (Å²) in [6.45, 7) is 3.78. The fourth-order valence-corrected chi connectivity index (χ4v) is 4.26. The van der Waals surface area contributed by atoms with Crippen LogP contribution in [0.2, 0.25) is 0 Å². The summed E-state index contributed by atoms with van der Waals surface area (Å²) in [6.07, 6.45) is 1.43. The van der Waals surface area contributed by atoms with Crippen LogP contribution in [0.25, 0.3) is 0 Å². The summed E-state index contributed by atoms with van der Waals surface area (Å²) in [5, 5.41) is 13.8. The molecule has 25 heavy (non-hydrogen) atoms. The van der Waals surface area contributed by atoms with Crippen molar-refractivity contribution >= 4 is 59.9 Å². The molecule has 2 aromatic carbocycles. The van der Waals surface area contributed by atoms with E-state index in [0.29, 0.717) is 24.7 Å². The lowest BCUT2D eigenvalue weighted by molar-refractivity contribution is -0.123. The van der Waals surface area contributed by atoms with Gasteiger partial charge in [0.1, 0.15) is 11.5 Å². The number of hydrogen-bond acceptors (Lipinski definition) is 4. The number of carbonyl (C=O) groups excluding carboxylic acids is 1. The summed E-state index contributed by atoms with van der Waals surface area (Å²) in [6, 6.07) is 7.36. The second-order valence-corrected chi connectivity index (χ2v) is 7.70. The Labute approximate surface area is 170 Å². The molecular formula is C17H15Br3N2O3. The topological polar surface area (TPSA) is 70.9 Å². The maximum absolute atomic E-state index is 11.9. The van der Waals surface area contributed by atoms with Crippen molar-refractivity contribution in [2.45, 2.75) is 13.8 Å². The molecule has 0 aliphatic heterocycles. The Kier molecular flexibility index (Phi) is 7.04. The van der Waals surface area contributed by atoms with Gasteiger partial charge in [0, 0.05) is 10.0 Å². The fourth-order valence-electron chi connectivity index (χ4n) is 1.94. The van der Waals surface area contributed by atoms with Gasteiger partial charge in [0.05, 0.1) is 15.2 Å². The molecule has 0 unspecified atom stereocenters. The van der Waals surface area contributed by atoms with Crippen LogP contribution in [0.1, 0.15) is 16.7 Å². The minimum atomic E-state index is -0.384. The molecule has 0 atom stereocenters. The number of halogens is 3. The third-order valence-corrected chi connectivity index (χ3v) is 5.54. The lowest BCUT2D eigenvalue weighted by Crippen LogP contribution is -2.24. The number of nitrogens with zero attached hydrogens (tertiary/aromatic N) is 1. The van der Waals surface area contributed by atoms with Crippen LogP contribution in [0.4, 0.5) is 0 Å². The number of hydrogen-bond donors (Lipinski definition) is 2. The number of aromatic hydroxyl groups is 1. The number of ether oxygens (including phenoxy) is 1. The lowest BCUT2D eigenvalue weighted by atomic mass is 10.1. The average Bonchev–Trinajstić information content (AvgIpc) is 2.57. The molecule has 2 rings (SSSR count). The van der Waals surface area contributed by atoms with Gasteiger partial charge < -0.3 is 9.84 Å². The predicted octanol–water partition coefficient (Wildman–Crippen LogP) is 4.83. The Morgan fingerprint density at radius 3 is 2.72 bits per heavy atom. The van der Waals surface area contributed by atoms with Gasteiger partial charge in [-0.05, 0) is 69.0 Å². The zero-order valence-corrected chi connectivity index (χ0v) is 18.2. The van der Waals surface area contributed by atoms with Gasteiger partial charge in [-0.1, -0.05) is 28.1 Å². The van der Waals surface area contributed by atoms with E-state index in [9.17, 15) is 9.90 Å². The van der Waals surface area contributed by atoms with E-state index >= 15 is 0 Å². The van der Waals surface area contributed by atoms with Crippen LogP contribution in [0.5, 0.6) is 11.5 Å². The highest BCUT2D eigenvalue weighted by atomic mass is 79.9. The smallest absolute Gasteiger partial charge is 0.277 e. The highest BCUT2D eigenvalue weighted by molar-refractivity contribution is 9.11. The molecule has 8 heteroatoms. The molecule has 0 aliphatic rings. The minimum absolute atomic E-state index is 0.0502. The number of aryl methyl sites for hydroxylation is 1. The van der Waals surface area contributed by atoms with Crippen molar-refractivity contribution in [3.05, 3.63) is 54.4 Å². The summed E-state index contributed by atoms with van der Waals surface area (Å²) in [7, 11) is 0. The van der Waals surface area contributed by atoms with Crippen LogP contribution in [-0.2, 0) is 4.79 Å². The number of amides is 1. The van der Waals surface area contributed by atoms with Crippen LogP contribution in [-0.4, -0.2) is 23.8 Å². The number of carbonyl (C=O) groups is 1. The Morgan fingerprint density at radius 2 is 2.00 bits per heavy atom. The second kappa shape index (κ2) is 8.82. The van der Waals surface area contributed by atoms with Crippen molar-refractivity contribution < 1.29 is 14.6 Å². The third-order valence-electron chi connectivity index (χ3n) is 3.48. The number of phenols is 1. The van der Waals surface area contributed by atoms with E-state index in [1.807, 2.05) is 32.0 Å². The van der Waals surface area contributed by atoms with Gasteiger partial charge in [-0.15, -0.1) is 0 Å². The first-order chi connectivity index (χ1) is 11.8. The Morgan fingerprint density at radius 1 is 1.28 bits per heavy atom. The quantitative estimate of drug-likeness (QED) is 0.426. The largest absolute Gasteiger partial charge is 0.506 e. The summed E-state index contributed by atoms with van der Waals surface area (Å²) in [5.74, 6) is 0.336. The maximum atomic E-state index is 11.9. The van der Waals surface area contributed by atoms with Crippen LogP contribution in [0.15, 0.2) is 42.8 Å². The number of benzene rings is 2. The van der Waals surface area contributed by atoms with Crippen molar-refractivity contribution in [1.29, 1.82) is 0 Å². The van der Waals surface area contributed by atoms with Gasteiger partial charge in [0.25, 0.3) is 5.91 Å². The molecule has 2 aromatic rings. The zero-order valence-electron chi connectivity index (χ0n) is 13.4. The summed E-state index contributed by atoms with van der Waals surface area (Å²) < 4.78 is 7.21. The van der Waals surface area contributed by atoms with Gasteiger partial charge in [0.2, 0.25) is 0 Å². The molecule has 2 N–H and O–H groups in total. The molecule has 0 saturated heterocycles. The average molecular weight is 535 g/mol. The molecule has 1 amide bonds. The molecule has 0 saturated carbocycles. The van der Waals surface area contributed by atoms with Crippen LogP contribution < -0.4 is 10.2 Å². The summed E-state index contributed by atoms with van der Waals surface area (Å²) in [5.41, 5.74) is 5.08. The summed E-state index contributed by atoms with van der Waals surface area (Å²) >= 11 is 9.90. The highest BCUT2D eigenvalue weighted by Crippen LogP contribution is 2.38. The van der Waals surface area contributed by atoms with Crippen LogP contribution in [0.3, 0.4) is 0 Å². The highest BCUT2D eigenvalue weighted by Gasteiger charge is 2.12. The Hall–Kier alpha value is -1.38. The molecule has 0 fully saturated rings. The molecule has 0 bridgehead atoms. The van der Waals surface area contributed by atoms with Gasteiger partial charge in [0.15, 0.2) is 6.61 Å². The SMILES string of the molecule is Cc1cccc(OCC(=O)NN=Cc2c(Br)cc(Br)c(O)c2Br)c1C. The van der Waals surface area contributed by atoms with E-state index in [2.05, 4.69) is 58.3 Å². The van der Waals surface area contributed by atoms with E-state index in [-0.39, 0.29) is 18.3 Å².